The highest BCUT2D eigenvalue weighted by atomic mass is 19.4. The second-order valence-corrected chi connectivity index (χ2v) is 5.15. The maximum Gasteiger partial charge on any atom is 0.393 e. The molecule has 1 N–H and O–H groups in total. The van der Waals surface area contributed by atoms with E-state index in [0.29, 0.717) is 19.4 Å². The lowest BCUT2D eigenvalue weighted by atomic mass is 9.83. The van der Waals surface area contributed by atoms with E-state index in [2.05, 4.69) is 5.32 Å². The van der Waals surface area contributed by atoms with Crippen molar-refractivity contribution in [1.82, 2.24) is 5.32 Å². The van der Waals surface area contributed by atoms with Gasteiger partial charge in [0.25, 0.3) is 0 Å². The maximum atomic E-state index is 12.9. The van der Waals surface area contributed by atoms with E-state index in [-0.39, 0.29) is 12.5 Å². The molecule has 0 aromatic rings. The van der Waals surface area contributed by atoms with Gasteiger partial charge in [-0.05, 0) is 19.3 Å². The molecule has 0 aromatic heterocycles. The number of ether oxygens (including phenoxy) is 1. The maximum absolute atomic E-state index is 12.9. The monoisotopic (exact) mass is 267 g/mol. The van der Waals surface area contributed by atoms with Crippen molar-refractivity contribution in [3.05, 3.63) is 0 Å². The van der Waals surface area contributed by atoms with Crippen molar-refractivity contribution < 1.29 is 17.9 Å². The summed E-state index contributed by atoms with van der Waals surface area (Å²) in [6.07, 6.45) is 0.170. The molecule has 1 aliphatic rings. The van der Waals surface area contributed by atoms with E-state index >= 15 is 0 Å². The summed E-state index contributed by atoms with van der Waals surface area (Å²) in [7, 11) is 1.59. The van der Waals surface area contributed by atoms with E-state index in [4.69, 9.17) is 4.74 Å². The van der Waals surface area contributed by atoms with E-state index in [9.17, 15) is 13.2 Å². The Balaban J connectivity index is 2.59. The predicted octanol–water partition coefficient (Wildman–Crippen LogP) is 3.51. The topological polar surface area (TPSA) is 21.3 Å². The zero-order valence-electron chi connectivity index (χ0n) is 11.2. The van der Waals surface area contributed by atoms with E-state index in [1.165, 1.54) is 0 Å². The number of nitrogens with one attached hydrogen (secondary N) is 1. The van der Waals surface area contributed by atoms with Crippen molar-refractivity contribution in [3.8, 4) is 0 Å². The van der Waals surface area contributed by atoms with E-state index in [0.717, 1.165) is 19.3 Å². The smallest absolute Gasteiger partial charge is 0.383 e. The Morgan fingerprint density at radius 2 is 1.94 bits per heavy atom. The zero-order chi connectivity index (χ0) is 13.6. The summed E-state index contributed by atoms with van der Waals surface area (Å²) in [5.41, 5.74) is 0. The van der Waals surface area contributed by atoms with Crippen LogP contribution >= 0.6 is 0 Å². The molecule has 0 bridgehead atoms. The lowest BCUT2D eigenvalue weighted by molar-refractivity contribution is -0.189. The summed E-state index contributed by atoms with van der Waals surface area (Å²) in [4.78, 5) is 0. The molecule has 0 aliphatic heterocycles. The van der Waals surface area contributed by atoms with Gasteiger partial charge in [-0.1, -0.05) is 26.2 Å². The Kier molecular flexibility index (Phi) is 6.43. The molecular formula is C13H24F3NO. The third-order valence-electron chi connectivity index (χ3n) is 3.64. The van der Waals surface area contributed by atoms with Crippen molar-refractivity contribution in [2.45, 2.75) is 63.7 Å². The van der Waals surface area contributed by atoms with Crippen LogP contribution in [0, 0.1) is 5.92 Å². The van der Waals surface area contributed by atoms with Crippen molar-refractivity contribution in [3.63, 3.8) is 0 Å². The fraction of sp³-hybridized carbons (Fsp3) is 1.00. The predicted molar refractivity (Wildman–Crippen MR) is 65.5 cm³/mol. The second-order valence-electron chi connectivity index (χ2n) is 5.15. The number of hydrogen-bond donors (Lipinski definition) is 1. The van der Waals surface area contributed by atoms with Crippen molar-refractivity contribution in [1.29, 1.82) is 0 Å². The summed E-state index contributed by atoms with van der Waals surface area (Å²) in [6.45, 7) is 2.52. The highest BCUT2D eigenvalue weighted by Crippen LogP contribution is 2.37. The summed E-state index contributed by atoms with van der Waals surface area (Å²) in [5.74, 6) is -1.19. The van der Waals surface area contributed by atoms with Crippen LogP contribution in [0.1, 0.15) is 45.4 Å². The van der Waals surface area contributed by atoms with Gasteiger partial charge < -0.3 is 10.1 Å². The van der Waals surface area contributed by atoms with Crippen LogP contribution in [0.25, 0.3) is 0 Å². The van der Waals surface area contributed by atoms with Gasteiger partial charge >= 0.3 is 6.18 Å². The molecule has 108 valence electrons. The van der Waals surface area contributed by atoms with Crippen molar-refractivity contribution >= 4 is 0 Å². The van der Waals surface area contributed by atoms with E-state index in [1.54, 1.807) is 7.11 Å². The molecule has 3 atom stereocenters. The van der Waals surface area contributed by atoms with Crippen LogP contribution in [0.15, 0.2) is 0 Å². The van der Waals surface area contributed by atoms with Gasteiger partial charge in [-0.3, -0.25) is 0 Å². The van der Waals surface area contributed by atoms with Crippen molar-refractivity contribution in [2.24, 2.45) is 5.92 Å². The molecule has 1 fully saturated rings. The lowest BCUT2D eigenvalue weighted by Gasteiger charge is -2.36. The normalized spacial score (nSPS) is 27.2. The molecule has 3 unspecified atom stereocenters. The van der Waals surface area contributed by atoms with Crippen LogP contribution in [-0.2, 0) is 4.74 Å². The van der Waals surface area contributed by atoms with Crippen LogP contribution in [0.3, 0.4) is 0 Å². The standard InChI is InChI=1S/C13H24F3NO/c1-3-6-10(9-18-2)17-12-8-5-4-7-11(12)13(14,15)16/h10-12,17H,3-9H2,1-2H3. The minimum Gasteiger partial charge on any atom is -0.383 e. The largest absolute Gasteiger partial charge is 0.393 e. The SMILES string of the molecule is CCCC(COC)NC1CCCCC1C(F)(F)F. The molecule has 0 saturated heterocycles. The molecule has 0 amide bonds. The summed E-state index contributed by atoms with van der Waals surface area (Å²) in [5, 5.41) is 3.17. The van der Waals surface area contributed by atoms with Gasteiger partial charge in [0.2, 0.25) is 0 Å². The third kappa shape index (κ3) is 4.76. The van der Waals surface area contributed by atoms with E-state index in [1.807, 2.05) is 6.92 Å². The van der Waals surface area contributed by atoms with Crippen LogP contribution in [0.4, 0.5) is 13.2 Å². The minimum absolute atomic E-state index is 0.0351. The molecule has 1 aliphatic carbocycles. The number of alkyl halides is 3. The van der Waals surface area contributed by atoms with Gasteiger partial charge in [-0.15, -0.1) is 0 Å². The Labute approximate surface area is 107 Å². The van der Waals surface area contributed by atoms with Gasteiger partial charge in [0.1, 0.15) is 0 Å². The summed E-state index contributed by atoms with van der Waals surface area (Å²) >= 11 is 0. The molecule has 0 heterocycles. The first-order valence-corrected chi connectivity index (χ1v) is 6.80. The molecular weight excluding hydrogens is 243 g/mol. The van der Waals surface area contributed by atoms with Crippen LogP contribution in [-0.4, -0.2) is 32.0 Å². The van der Waals surface area contributed by atoms with Crippen LogP contribution in [0.2, 0.25) is 0 Å². The average Bonchev–Trinajstić information content (AvgIpc) is 2.29. The van der Waals surface area contributed by atoms with Gasteiger partial charge in [-0.2, -0.15) is 13.2 Å². The molecule has 1 saturated carbocycles. The quantitative estimate of drug-likeness (QED) is 0.795. The van der Waals surface area contributed by atoms with Crippen molar-refractivity contribution in [2.75, 3.05) is 13.7 Å². The molecule has 0 spiro atoms. The Hall–Kier alpha value is -0.290. The third-order valence-corrected chi connectivity index (χ3v) is 3.64. The second kappa shape index (κ2) is 7.34. The number of methoxy groups -OCH3 is 1. The first kappa shape index (κ1) is 15.8. The van der Waals surface area contributed by atoms with Gasteiger partial charge in [0, 0.05) is 19.2 Å². The fourth-order valence-electron chi connectivity index (χ4n) is 2.79. The minimum atomic E-state index is -4.08. The highest BCUT2D eigenvalue weighted by Gasteiger charge is 2.45. The Morgan fingerprint density at radius 1 is 1.28 bits per heavy atom. The van der Waals surface area contributed by atoms with Gasteiger partial charge in [0.05, 0.1) is 12.5 Å². The molecule has 18 heavy (non-hydrogen) atoms. The lowest BCUT2D eigenvalue weighted by Crippen LogP contribution is -2.50. The number of halogens is 3. The zero-order valence-corrected chi connectivity index (χ0v) is 11.2. The Morgan fingerprint density at radius 3 is 2.50 bits per heavy atom. The summed E-state index contributed by atoms with van der Waals surface area (Å²) < 4.78 is 43.9. The Bertz CT molecular complexity index is 227. The fourth-order valence-corrected chi connectivity index (χ4v) is 2.79. The van der Waals surface area contributed by atoms with Crippen LogP contribution < -0.4 is 5.32 Å². The molecule has 0 aromatic carbocycles. The summed E-state index contributed by atoms with van der Waals surface area (Å²) in [6, 6.07) is -0.404. The highest BCUT2D eigenvalue weighted by molar-refractivity contribution is 4.87. The molecule has 0 radical (unpaired) electrons. The van der Waals surface area contributed by atoms with Crippen LogP contribution in [0.5, 0.6) is 0 Å². The van der Waals surface area contributed by atoms with Gasteiger partial charge in [-0.25, -0.2) is 0 Å². The molecule has 5 heteroatoms. The molecule has 2 nitrogen and oxygen atoms in total. The molecule has 1 rings (SSSR count). The first-order valence-electron chi connectivity index (χ1n) is 6.80. The average molecular weight is 267 g/mol. The number of rotatable bonds is 6. The number of hydrogen-bond acceptors (Lipinski definition) is 2. The van der Waals surface area contributed by atoms with Gasteiger partial charge in [0.15, 0.2) is 0 Å². The van der Waals surface area contributed by atoms with E-state index < -0.39 is 18.1 Å². The first-order chi connectivity index (χ1) is 8.49.